The molecule has 0 saturated heterocycles. The van der Waals surface area contributed by atoms with Gasteiger partial charge < -0.3 is 4.74 Å². The molecule has 23 heavy (non-hydrogen) atoms. The Morgan fingerprint density at radius 2 is 1.87 bits per heavy atom. The molecule has 1 saturated carbocycles. The quantitative estimate of drug-likeness (QED) is 0.781. The highest BCUT2D eigenvalue weighted by molar-refractivity contribution is 9.10. The van der Waals surface area contributed by atoms with Crippen molar-refractivity contribution in [1.29, 1.82) is 0 Å². The van der Waals surface area contributed by atoms with Crippen molar-refractivity contribution in [2.24, 2.45) is 5.92 Å². The van der Waals surface area contributed by atoms with E-state index in [2.05, 4.69) is 26.8 Å². The maximum Gasteiger partial charge on any atom is 0.269 e. The van der Waals surface area contributed by atoms with Gasteiger partial charge in [-0.2, -0.15) is 0 Å². The highest BCUT2D eigenvalue weighted by Crippen LogP contribution is 2.27. The summed E-state index contributed by atoms with van der Waals surface area (Å²) in [4.78, 5) is 24.2. The zero-order valence-corrected chi connectivity index (χ0v) is 15.1. The van der Waals surface area contributed by atoms with Gasteiger partial charge >= 0.3 is 0 Å². The van der Waals surface area contributed by atoms with Crippen LogP contribution in [0.4, 0.5) is 0 Å². The first-order valence-electron chi connectivity index (χ1n) is 8.03. The second kappa shape index (κ2) is 8.34. The van der Waals surface area contributed by atoms with Crippen molar-refractivity contribution in [1.82, 2.24) is 10.9 Å². The van der Waals surface area contributed by atoms with Crippen LogP contribution in [0, 0.1) is 5.92 Å². The lowest BCUT2D eigenvalue weighted by molar-refractivity contribution is -0.126. The molecule has 1 aliphatic carbocycles. The molecule has 1 aromatic rings. The van der Waals surface area contributed by atoms with Crippen LogP contribution < -0.4 is 15.6 Å². The fourth-order valence-electron chi connectivity index (χ4n) is 2.65. The van der Waals surface area contributed by atoms with Crippen LogP contribution in [0.15, 0.2) is 22.7 Å². The highest BCUT2D eigenvalue weighted by atomic mass is 79.9. The molecule has 0 spiro atoms. The summed E-state index contributed by atoms with van der Waals surface area (Å²) in [6.07, 6.45) is 5.20. The Bertz CT molecular complexity index is 569. The van der Waals surface area contributed by atoms with E-state index in [4.69, 9.17) is 4.74 Å². The molecule has 2 amide bonds. The summed E-state index contributed by atoms with van der Waals surface area (Å²) in [7, 11) is 0. The summed E-state index contributed by atoms with van der Waals surface area (Å²) in [6, 6.07) is 5.09. The SMILES string of the molecule is CC(C)Oc1ccc(C(=O)NNC(=O)C2CCCCC2)cc1Br. The molecule has 0 heterocycles. The maximum absolute atomic E-state index is 12.1. The Morgan fingerprint density at radius 3 is 2.48 bits per heavy atom. The van der Waals surface area contributed by atoms with Gasteiger partial charge in [0.25, 0.3) is 5.91 Å². The summed E-state index contributed by atoms with van der Waals surface area (Å²) in [6.45, 7) is 3.88. The van der Waals surface area contributed by atoms with Crippen LogP contribution in [-0.4, -0.2) is 17.9 Å². The lowest BCUT2D eigenvalue weighted by atomic mass is 9.89. The van der Waals surface area contributed by atoms with E-state index >= 15 is 0 Å². The number of rotatable bonds is 4. The van der Waals surface area contributed by atoms with E-state index in [0.717, 1.165) is 25.7 Å². The van der Waals surface area contributed by atoms with Crippen LogP contribution >= 0.6 is 15.9 Å². The number of benzene rings is 1. The van der Waals surface area contributed by atoms with Gasteiger partial charge in [-0.05, 0) is 60.8 Å². The van der Waals surface area contributed by atoms with E-state index in [0.29, 0.717) is 15.8 Å². The molecule has 126 valence electrons. The van der Waals surface area contributed by atoms with Gasteiger partial charge in [-0.3, -0.25) is 20.4 Å². The molecule has 1 fully saturated rings. The summed E-state index contributed by atoms with van der Waals surface area (Å²) < 4.78 is 6.31. The first-order chi connectivity index (χ1) is 11.0. The average Bonchev–Trinajstić information content (AvgIpc) is 2.54. The standard InChI is InChI=1S/C17H23BrN2O3/c1-11(2)23-15-9-8-13(10-14(15)18)17(22)20-19-16(21)12-6-4-3-5-7-12/h8-12H,3-7H2,1-2H3,(H,19,21)(H,20,22). The third kappa shape index (κ3) is 5.23. The average molecular weight is 383 g/mol. The number of hydrogen-bond acceptors (Lipinski definition) is 3. The van der Waals surface area contributed by atoms with Crippen molar-refractivity contribution in [3.05, 3.63) is 28.2 Å². The lowest BCUT2D eigenvalue weighted by Gasteiger charge is -2.20. The van der Waals surface area contributed by atoms with Crippen molar-refractivity contribution < 1.29 is 14.3 Å². The molecule has 0 radical (unpaired) electrons. The third-order valence-electron chi connectivity index (χ3n) is 3.83. The van der Waals surface area contributed by atoms with E-state index in [1.54, 1.807) is 18.2 Å². The zero-order valence-electron chi connectivity index (χ0n) is 13.5. The smallest absolute Gasteiger partial charge is 0.269 e. The molecule has 2 N–H and O–H groups in total. The van der Waals surface area contributed by atoms with E-state index in [-0.39, 0.29) is 23.8 Å². The number of amides is 2. The molecular weight excluding hydrogens is 360 g/mol. The summed E-state index contributed by atoms with van der Waals surface area (Å²) in [5, 5.41) is 0. The monoisotopic (exact) mass is 382 g/mol. The minimum Gasteiger partial charge on any atom is -0.490 e. The van der Waals surface area contributed by atoms with Gasteiger partial charge in [0.05, 0.1) is 10.6 Å². The lowest BCUT2D eigenvalue weighted by Crippen LogP contribution is -2.44. The van der Waals surface area contributed by atoms with E-state index in [1.807, 2.05) is 13.8 Å². The van der Waals surface area contributed by atoms with Crippen molar-refractivity contribution in [3.8, 4) is 5.75 Å². The summed E-state index contributed by atoms with van der Waals surface area (Å²) in [5.41, 5.74) is 5.47. The van der Waals surface area contributed by atoms with E-state index in [9.17, 15) is 9.59 Å². The van der Waals surface area contributed by atoms with Crippen LogP contribution in [0.5, 0.6) is 5.75 Å². The Morgan fingerprint density at radius 1 is 1.17 bits per heavy atom. The summed E-state index contributed by atoms with van der Waals surface area (Å²) >= 11 is 3.39. The fraction of sp³-hybridized carbons (Fsp3) is 0.529. The van der Waals surface area contributed by atoms with Crippen LogP contribution in [0.25, 0.3) is 0 Å². The molecule has 0 aliphatic heterocycles. The topological polar surface area (TPSA) is 67.4 Å². The molecule has 0 bridgehead atoms. The number of hydrazine groups is 1. The largest absolute Gasteiger partial charge is 0.490 e. The van der Waals surface area contributed by atoms with Gasteiger partial charge in [0.2, 0.25) is 5.91 Å². The number of hydrogen-bond donors (Lipinski definition) is 2. The van der Waals surface area contributed by atoms with Crippen molar-refractivity contribution >= 4 is 27.7 Å². The predicted molar refractivity (Wildman–Crippen MR) is 92.1 cm³/mol. The van der Waals surface area contributed by atoms with Crippen molar-refractivity contribution in [2.45, 2.75) is 52.1 Å². The minimum absolute atomic E-state index is 0.0117. The molecule has 5 nitrogen and oxygen atoms in total. The highest BCUT2D eigenvalue weighted by Gasteiger charge is 2.21. The van der Waals surface area contributed by atoms with Crippen molar-refractivity contribution in [3.63, 3.8) is 0 Å². The second-order valence-electron chi connectivity index (χ2n) is 6.09. The molecule has 1 aliphatic rings. The van der Waals surface area contributed by atoms with Gasteiger partial charge in [-0.15, -0.1) is 0 Å². The number of ether oxygens (including phenoxy) is 1. The molecule has 0 aromatic heterocycles. The molecule has 1 aromatic carbocycles. The van der Waals surface area contributed by atoms with Gasteiger partial charge in [-0.1, -0.05) is 19.3 Å². The fourth-order valence-corrected chi connectivity index (χ4v) is 3.12. The number of halogens is 1. The van der Waals surface area contributed by atoms with Crippen LogP contribution in [-0.2, 0) is 4.79 Å². The van der Waals surface area contributed by atoms with Gasteiger partial charge in [0.15, 0.2) is 0 Å². The Balaban J connectivity index is 1.90. The number of carbonyl (C=O) groups is 2. The molecule has 0 atom stereocenters. The Labute approximate surface area is 145 Å². The Kier molecular flexibility index (Phi) is 6.45. The number of nitrogens with one attached hydrogen (secondary N) is 2. The normalized spacial score (nSPS) is 15.3. The van der Waals surface area contributed by atoms with Gasteiger partial charge in [0.1, 0.15) is 5.75 Å². The van der Waals surface area contributed by atoms with Crippen LogP contribution in [0.1, 0.15) is 56.3 Å². The zero-order chi connectivity index (χ0) is 16.8. The molecule has 2 rings (SSSR count). The van der Waals surface area contributed by atoms with Gasteiger partial charge in [-0.25, -0.2) is 0 Å². The first kappa shape index (κ1) is 17.8. The molecule has 6 heteroatoms. The van der Waals surface area contributed by atoms with Crippen molar-refractivity contribution in [2.75, 3.05) is 0 Å². The minimum atomic E-state index is -0.342. The molecular formula is C17H23BrN2O3. The second-order valence-corrected chi connectivity index (χ2v) is 6.94. The van der Waals surface area contributed by atoms with Crippen LogP contribution in [0.3, 0.4) is 0 Å². The van der Waals surface area contributed by atoms with Gasteiger partial charge in [0, 0.05) is 11.5 Å². The predicted octanol–water partition coefficient (Wildman–Crippen LogP) is 3.58. The van der Waals surface area contributed by atoms with Crippen LogP contribution in [0.2, 0.25) is 0 Å². The Hall–Kier alpha value is -1.56. The third-order valence-corrected chi connectivity index (χ3v) is 4.45. The maximum atomic E-state index is 12.1. The van der Waals surface area contributed by atoms with E-state index in [1.165, 1.54) is 6.42 Å². The number of carbonyl (C=O) groups excluding carboxylic acids is 2. The summed E-state index contributed by atoms with van der Waals surface area (Å²) in [5.74, 6) is 0.253. The molecule has 0 unspecified atom stereocenters. The van der Waals surface area contributed by atoms with E-state index < -0.39 is 0 Å². The first-order valence-corrected chi connectivity index (χ1v) is 8.83.